The summed E-state index contributed by atoms with van der Waals surface area (Å²) in [6.45, 7) is 2.03. The predicted octanol–water partition coefficient (Wildman–Crippen LogP) is 2.52. The topological polar surface area (TPSA) is 47.4 Å². The number of piperidine rings is 1. The third kappa shape index (κ3) is 3.67. The number of carbonyl (C=O) groups excluding carboxylic acids is 1. The molecule has 0 bridgehead atoms. The Morgan fingerprint density at radius 3 is 2.95 bits per heavy atom. The summed E-state index contributed by atoms with van der Waals surface area (Å²) in [6.07, 6.45) is 8.14. The molecule has 1 unspecified atom stereocenters. The fourth-order valence-corrected chi connectivity index (χ4v) is 2.84. The highest BCUT2D eigenvalue weighted by molar-refractivity contribution is 5.76. The summed E-state index contributed by atoms with van der Waals surface area (Å²) in [5, 5.41) is 0. The lowest BCUT2D eigenvalue weighted by Crippen LogP contribution is -2.41. The highest BCUT2D eigenvalue weighted by Gasteiger charge is 2.24. The molecule has 2 heterocycles. The van der Waals surface area contributed by atoms with Crippen LogP contribution in [0.2, 0.25) is 0 Å². The van der Waals surface area contributed by atoms with E-state index in [0.29, 0.717) is 19.1 Å². The van der Waals surface area contributed by atoms with Gasteiger partial charge in [-0.3, -0.25) is 4.79 Å². The molecular formula is C17H21N3O2. The van der Waals surface area contributed by atoms with E-state index in [2.05, 4.69) is 9.55 Å². The Labute approximate surface area is 130 Å². The summed E-state index contributed by atoms with van der Waals surface area (Å²) in [5.41, 5.74) is 0. The van der Waals surface area contributed by atoms with Crippen LogP contribution in [0.1, 0.15) is 25.3 Å². The maximum atomic E-state index is 12.3. The van der Waals surface area contributed by atoms with Crippen molar-refractivity contribution in [2.75, 3.05) is 19.7 Å². The van der Waals surface area contributed by atoms with E-state index in [1.807, 2.05) is 47.8 Å². The predicted molar refractivity (Wildman–Crippen MR) is 83.6 cm³/mol. The number of rotatable bonds is 5. The molecule has 0 spiro atoms. The largest absolute Gasteiger partial charge is 0.493 e. The number of imidazole rings is 1. The molecule has 1 saturated heterocycles. The molecule has 5 heteroatoms. The Morgan fingerprint density at radius 2 is 2.18 bits per heavy atom. The molecule has 1 aliphatic rings. The monoisotopic (exact) mass is 299 g/mol. The Bertz CT molecular complexity index is 583. The van der Waals surface area contributed by atoms with E-state index in [0.717, 1.165) is 31.7 Å². The maximum absolute atomic E-state index is 12.3. The van der Waals surface area contributed by atoms with Crippen molar-refractivity contribution in [1.82, 2.24) is 14.5 Å². The zero-order valence-corrected chi connectivity index (χ0v) is 12.6. The minimum atomic E-state index is 0.167. The molecule has 1 aromatic heterocycles. The highest BCUT2D eigenvalue weighted by atomic mass is 16.5. The zero-order chi connectivity index (χ0) is 15.2. The number of amides is 1. The van der Waals surface area contributed by atoms with Crippen LogP contribution in [0, 0.1) is 0 Å². The van der Waals surface area contributed by atoms with Gasteiger partial charge >= 0.3 is 0 Å². The second-order valence-corrected chi connectivity index (χ2v) is 5.56. The third-order valence-corrected chi connectivity index (χ3v) is 4.02. The summed E-state index contributed by atoms with van der Waals surface area (Å²) in [4.78, 5) is 18.4. The second-order valence-electron chi connectivity index (χ2n) is 5.56. The van der Waals surface area contributed by atoms with Crippen molar-refractivity contribution in [2.45, 2.75) is 25.3 Å². The van der Waals surface area contributed by atoms with Crippen molar-refractivity contribution < 1.29 is 9.53 Å². The van der Waals surface area contributed by atoms with E-state index in [4.69, 9.17) is 4.74 Å². The first-order chi connectivity index (χ1) is 10.8. The molecule has 0 aliphatic carbocycles. The molecule has 1 amide bonds. The molecular weight excluding hydrogens is 278 g/mol. The summed E-state index contributed by atoms with van der Waals surface area (Å²) in [6, 6.07) is 9.95. The van der Waals surface area contributed by atoms with Crippen LogP contribution in [0.15, 0.2) is 49.1 Å². The van der Waals surface area contributed by atoms with Gasteiger partial charge in [-0.15, -0.1) is 0 Å². The Hall–Kier alpha value is -2.30. The maximum Gasteiger partial charge on any atom is 0.226 e. The van der Waals surface area contributed by atoms with Gasteiger partial charge in [0, 0.05) is 25.5 Å². The molecule has 3 rings (SSSR count). The number of hydrogen-bond donors (Lipinski definition) is 0. The number of carbonyl (C=O) groups is 1. The molecule has 1 fully saturated rings. The van der Waals surface area contributed by atoms with Gasteiger partial charge in [-0.1, -0.05) is 18.2 Å². The quantitative estimate of drug-likeness (QED) is 0.852. The van der Waals surface area contributed by atoms with Crippen LogP contribution < -0.4 is 4.74 Å². The Kier molecular flexibility index (Phi) is 4.73. The van der Waals surface area contributed by atoms with E-state index in [9.17, 15) is 4.79 Å². The Balaban J connectivity index is 1.47. The molecule has 2 aromatic rings. The van der Waals surface area contributed by atoms with Gasteiger partial charge in [0.2, 0.25) is 5.91 Å². The van der Waals surface area contributed by atoms with Gasteiger partial charge in [-0.2, -0.15) is 0 Å². The van der Waals surface area contributed by atoms with Gasteiger partial charge < -0.3 is 14.2 Å². The molecule has 0 saturated carbocycles. The van der Waals surface area contributed by atoms with Crippen molar-refractivity contribution in [3.05, 3.63) is 49.1 Å². The van der Waals surface area contributed by atoms with Gasteiger partial charge in [-0.05, 0) is 25.0 Å². The average Bonchev–Trinajstić information content (AvgIpc) is 3.10. The number of ether oxygens (including phenoxy) is 1. The van der Waals surface area contributed by atoms with Gasteiger partial charge in [0.05, 0.1) is 25.4 Å². The summed E-state index contributed by atoms with van der Waals surface area (Å²) < 4.78 is 7.70. The van der Waals surface area contributed by atoms with E-state index in [-0.39, 0.29) is 5.91 Å². The first-order valence-corrected chi connectivity index (χ1v) is 7.76. The molecule has 22 heavy (non-hydrogen) atoms. The van der Waals surface area contributed by atoms with Gasteiger partial charge in [0.1, 0.15) is 5.75 Å². The molecule has 1 atom stereocenters. The standard InChI is InChI=1S/C17H21N3O2/c21-17(8-12-22-16-6-2-1-3-7-16)19-10-4-5-15(13-19)20-11-9-18-14-20/h1-3,6-7,9,11,14-15H,4-5,8,10,12-13H2. The number of nitrogens with zero attached hydrogens (tertiary/aromatic N) is 3. The SMILES string of the molecule is O=C(CCOc1ccccc1)N1CCCC(n2ccnc2)C1. The average molecular weight is 299 g/mol. The normalized spacial score (nSPS) is 18.2. The number of hydrogen-bond acceptors (Lipinski definition) is 3. The van der Waals surface area contributed by atoms with Gasteiger partial charge in [0.25, 0.3) is 0 Å². The summed E-state index contributed by atoms with van der Waals surface area (Å²) in [5.74, 6) is 0.978. The van der Waals surface area contributed by atoms with Crippen molar-refractivity contribution in [1.29, 1.82) is 0 Å². The molecule has 0 N–H and O–H groups in total. The number of likely N-dealkylation sites (tertiary alicyclic amines) is 1. The first-order valence-electron chi connectivity index (χ1n) is 7.76. The Morgan fingerprint density at radius 1 is 1.32 bits per heavy atom. The molecule has 1 aromatic carbocycles. The molecule has 5 nitrogen and oxygen atoms in total. The van der Waals surface area contributed by atoms with Crippen LogP contribution in [0.5, 0.6) is 5.75 Å². The van der Waals surface area contributed by atoms with E-state index in [1.165, 1.54) is 0 Å². The van der Waals surface area contributed by atoms with Crippen LogP contribution in [-0.4, -0.2) is 40.1 Å². The highest BCUT2D eigenvalue weighted by Crippen LogP contribution is 2.21. The first kappa shape index (κ1) is 14.6. The molecule has 116 valence electrons. The van der Waals surface area contributed by atoms with Crippen molar-refractivity contribution in [2.24, 2.45) is 0 Å². The van der Waals surface area contributed by atoms with Crippen molar-refractivity contribution in [3.63, 3.8) is 0 Å². The summed E-state index contributed by atoms with van der Waals surface area (Å²) in [7, 11) is 0. The fraction of sp³-hybridized carbons (Fsp3) is 0.412. The summed E-state index contributed by atoms with van der Waals surface area (Å²) >= 11 is 0. The second kappa shape index (κ2) is 7.11. The van der Waals surface area contributed by atoms with Crippen LogP contribution in [0.3, 0.4) is 0 Å². The van der Waals surface area contributed by atoms with Crippen LogP contribution in [0.4, 0.5) is 0 Å². The van der Waals surface area contributed by atoms with Crippen LogP contribution in [0.25, 0.3) is 0 Å². The van der Waals surface area contributed by atoms with E-state index in [1.54, 1.807) is 6.20 Å². The fourth-order valence-electron chi connectivity index (χ4n) is 2.84. The van der Waals surface area contributed by atoms with Crippen molar-refractivity contribution >= 4 is 5.91 Å². The van der Waals surface area contributed by atoms with Crippen molar-refractivity contribution in [3.8, 4) is 5.75 Å². The number of aromatic nitrogens is 2. The zero-order valence-electron chi connectivity index (χ0n) is 12.6. The third-order valence-electron chi connectivity index (χ3n) is 4.02. The minimum Gasteiger partial charge on any atom is -0.493 e. The van der Waals surface area contributed by atoms with Crippen LogP contribution >= 0.6 is 0 Å². The lowest BCUT2D eigenvalue weighted by atomic mass is 10.1. The van der Waals surface area contributed by atoms with Gasteiger partial charge in [-0.25, -0.2) is 4.98 Å². The van der Waals surface area contributed by atoms with Gasteiger partial charge in [0.15, 0.2) is 0 Å². The van der Waals surface area contributed by atoms with E-state index < -0.39 is 0 Å². The number of para-hydroxylation sites is 1. The lowest BCUT2D eigenvalue weighted by molar-refractivity contribution is -0.133. The molecule has 0 radical (unpaired) electrons. The minimum absolute atomic E-state index is 0.167. The smallest absolute Gasteiger partial charge is 0.226 e. The molecule has 1 aliphatic heterocycles. The lowest BCUT2D eigenvalue weighted by Gasteiger charge is -2.33. The van der Waals surface area contributed by atoms with Crippen LogP contribution in [-0.2, 0) is 4.79 Å². The number of benzene rings is 1. The van der Waals surface area contributed by atoms with E-state index >= 15 is 0 Å².